The molecule has 0 saturated carbocycles. The molecule has 1 rings (SSSR count). The summed E-state index contributed by atoms with van der Waals surface area (Å²) in [5, 5.41) is 8.91. The molecule has 1 N–H and O–H groups in total. The predicted octanol–water partition coefficient (Wildman–Crippen LogP) is 2.68. The molecule has 0 aliphatic carbocycles. The van der Waals surface area contributed by atoms with Gasteiger partial charge in [-0.1, -0.05) is 12.1 Å². The zero-order valence-corrected chi connectivity index (χ0v) is 8.08. The Kier molecular flexibility index (Phi) is 3.57. The number of ether oxygens (including phenoxy) is 1. The first-order chi connectivity index (χ1) is 6.95. The van der Waals surface area contributed by atoms with Crippen LogP contribution in [0.25, 0.3) is 0 Å². The lowest BCUT2D eigenvalue weighted by Gasteiger charge is -2.14. The molecule has 15 heavy (non-hydrogen) atoms. The lowest BCUT2D eigenvalue weighted by molar-refractivity contribution is -0.206. The highest BCUT2D eigenvalue weighted by atomic mass is 19.4. The Hall–Kier alpha value is -1.23. The van der Waals surface area contributed by atoms with Crippen LogP contribution in [0.5, 0.6) is 5.75 Å². The van der Waals surface area contributed by atoms with Crippen LogP contribution >= 0.6 is 0 Å². The maximum atomic E-state index is 12.1. The molecule has 0 aliphatic rings. The van der Waals surface area contributed by atoms with Crippen molar-refractivity contribution >= 4 is 0 Å². The van der Waals surface area contributed by atoms with E-state index in [1.165, 1.54) is 24.3 Å². The Morgan fingerprint density at radius 1 is 1.27 bits per heavy atom. The van der Waals surface area contributed by atoms with Gasteiger partial charge in [0.2, 0.25) is 0 Å². The molecule has 1 aromatic rings. The fourth-order valence-corrected chi connectivity index (χ4v) is 1.10. The minimum Gasteiger partial charge on any atom is -0.494 e. The molecule has 0 heterocycles. The van der Waals surface area contributed by atoms with Gasteiger partial charge in [-0.05, 0) is 24.6 Å². The van der Waals surface area contributed by atoms with Crippen LogP contribution in [-0.4, -0.2) is 17.9 Å². The van der Waals surface area contributed by atoms with Crippen molar-refractivity contribution in [3.63, 3.8) is 0 Å². The molecule has 1 atom stereocenters. The number of hydrogen-bond acceptors (Lipinski definition) is 2. The van der Waals surface area contributed by atoms with Crippen LogP contribution in [-0.2, 0) is 0 Å². The molecule has 2 nitrogen and oxygen atoms in total. The molecular weight excluding hydrogens is 209 g/mol. The first-order valence-electron chi connectivity index (χ1n) is 4.42. The molecule has 0 bridgehead atoms. The Bertz CT molecular complexity index is 305. The summed E-state index contributed by atoms with van der Waals surface area (Å²) in [6.45, 7) is 2.22. The van der Waals surface area contributed by atoms with Crippen LogP contribution in [0.3, 0.4) is 0 Å². The number of benzene rings is 1. The van der Waals surface area contributed by atoms with E-state index in [1.807, 2.05) is 0 Å². The van der Waals surface area contributed by atoms with E-state index in [-0.39, 0.29) is 5.56 Å². The van der Waals surface area contributed by atoms with Crippen LogP contribution in [0.15, 0.2) is 24.3 Å². The summed E-state index contributed by atoms with van der Waals surface area (Å²) in [7, 11) is 0. The van der Waals surface area contributed by atoms with Crippen molar-refractivity contribution < 1.29 is 23.0 Å². The average molecular weight is 220 g/mol. The van der Waals surface area contributed by atoms with Crippen LogP contribution in [0.1, 0.15) is 18.6 Å². The third-order valence-electron chi connectivity index (χ3n) is 1.82. The Labute approximate surface area is 85.3 Å². The van der Waals surface area contributed by atoms with Gasteiger partial charge in [-0.2, -0.15) is 13.2 Å². The summed E-state index contributed by atoms with van der Waals surface area (Å²) >= 11 is 0. The average Bonchev–Trinajstić information content (AvgIpc) is 2.17. The number of rotatable bonds is 3. The monoisotopic (exact) mass is 220 g/mol. The second-order valence-electron chi connectivity index (χ2n) is 2.95. The number of alkyl halides is 3. The topological polar surface area (TPSA) is 29.5 Å². The van der Waals surface area contributed by atoms with Crippen molar-refractivity contribution in [2.45, 2.75) is 19.2 Å². The number of halogens is 3. The van der Waals surface area contributed by atoms with Crippen molar-refractivity contribution in [2.24, 2.45) is 0 Å². The highest BCUT2D eigenvalue weighted by molar-refractivity contribution is 5.29. The normalized spacial score (nSPS) is 13.7. The second kappa shape index (κ2) is 4.53. The molecule has 0 spiro atoms. The molecular formula is C10H11F3O2. The third-order valence-corrected chi connectivity index (χ3v) is 1.82. The van der Waals surface area contributed by atoms with E-state index in [0.717, 1.165) is 0 Å². The largest absolute Gasteiger partial charge is 0.494 e. The van der Waals surface area contributed by atoms with E-state index in [0.29, 0.717) is 12.4 Å². The summed E-state index contributed by atoms with van der Waals surface area (Å²) in [6.07, 6.45) is -7.07. The van der Waals surface area contributed by atoms with Gasteiger partial charge in [-0.15, -0.1) is 0 Å². The summed E-state index contributed by atoms with van der Waals surface area (Å²) in [5.74, 6) is 0.482. The van der Waals surface area contributed by atoms with Crippen molar-refractivity contribution in [2.75, 3.05) is 6.61 Å². The Morgan fingerprint density at radius 2 is 1.80 bits per heavy atom. The quantitative estimate of drug-likeness (QED) is 0.848. The Balaban J connectivity index is 2.80. The van der Waals surface area contributed by atoms with Gasteiger partial charge < -0.3 is 9.84 Å². The first-order valence-corrected chi connectivity index (χ1v) is 4.42. The van der Waals surface area contributed by atoms with Crippen LogP contribution in [0.2, 0.25) is 0 Å². The van der Waals surface area contributed by atoms with Crippen molar-refractivity contribution in [3.05, 3.63) is 29.8 Å². The molecule has 0 saturated heterocycles. The molecule has 0 amide bonds. The number of hydrogen-bond donors (Lipinski definition) is 1. The molecule has 0 fully saturated rings. The first kappa shape index (κ1) is 11.8. The fourth-order valence-electron chi connectivity index (χ4n) is 1.10. The molecule has 1 unspecified atom stereocenters. The van der Waals surface area contributed by atoms with Crippen molar-refractivity contribution in [1.82, 2.24) is 0 Å². The van der Waals surface area contributed by atoms with Gasteiger partial charge in [0.1, 0.15) is 5.75 Å². The molecule has 5 heteroatoms. The van der Waals surface area contributed by atoms with Gasteiger partial charge in [0.05, 0.1) is 6.61 Å². The number of aliphatic hydroxyl groups is 1. The summed E-state index contributed by atoms with van der Waals surface area (Å²) in [5.41, 5.74) is -0.189. The Morgan fingerprint density at radius 3 is 2.20 bits per heavy atom. The standard InChI is InChI=1S/C10H11F3O2/c1-2-15-8-5-3-7(4-6-8)9(14)10(11,12)13/h3-6,9,14H,2H2,1H3. The molecule has 84 valence electrons. The van der Waals surface area contributed by atoms with E-state index in [1.54, 1.807) is 6.92 Å². The van der Waals surface area contributed by atoms with Gasteiger partial charge in [-0.25, -0.2) is 0 Å². The lowest BCUT2D eigenvalue weighted by Crippen LogP contribution is -2.19. The highest BCUT2D eigenvalue weighted by Gasteiger charge is 2.39. The summed E-state index contributed by atoms with van der Waals surface area (Å²) in [4.78, 5) is 0. The van der Waals surface area contributed by atoms with E-state index < -0.39 is 12.3 Å². The van der Waals surface area contributed by atoms with Gasteiger partial charge in [0, 0.05) is 0 Å². The third kappa shape index (κ3) is 3.13. The van der Waals surface area contributed by atoms with Crippen LogP contribution < -0.4 is 4.74 Å². The van der Waals surface area contributed by atoms with Crippen LogP contribution in [0, 0.1) is 0 Å². The molecule has 0 aromatic heterocycles. The minimum atomic E-state index is -4.63. The summed E-state index contributed by atoms with van der Waals surface area (Å²) < 4.78 is 41.4. The maximum Gasteiger partial charge on any atom is 0.418 e. The van der Waals surface area contributed by atoms with Crippen molar-refractivity contribution in [3.8, 4) is 5.75 Å². The highest BCUT2D eigenvalue weighted by Crippen LogP contribution is 2.32. The SMILES string of the molecule is CCOc1ccc(C(O)C(F)(F)F)cc1. The number of aliphatic hydroxyl groups excluding tert-OH is 1. The zero-order chi connectivity index (χ0) is 11.5. The van der Waals surface area contributed by atoms with E-state index >= 15 is 0 Å². The van der Waals surface area contributed by atoms with E-state index in [9.17, 15) is 13.2 Å². The van der Waals surface area contributed by atoms with E-state index in [2.05, 4.69) is 0 Å². The molecule has 0 radical (unpaired) electrons. The van der Waals surface area contributed by atoms with Gasteiger partial charge >= 0.3 is 6.18 Å². The lowest BCUT2D eigenvalue weighted by atomic mass is 10.1. The molecule has 0 aliphatic heterocycles. The van der Waals surface area contributed by atoms with Crippen LogP contribution in [0.4, 0.5) is 13.2 Å². The molecule has 1 aromatic carbocycles. The fraction of sp³-hybridized carbons (Fsp3) is 0.400. The second-order valence-corrected chi connectivity index (χ2v) is 2.95. The predicted molar refractivity (Wildman–Crippen MR) is 48.6 cm³/mol. The van der Waals surface area contributed by atoms with Gasteiger partial charge in [0.25, 0.3) is 0 Å². The van der Waals surface area contributed by atoms with Gasteiger partial charge in [-0.3, -0.25) is 0 Å². The summed E-state index contributed by atoms with van der Waals surface area (Å²) in [6, 6.07) is 5.19. The maximum absolute atomic E-state index is 12.1. The van der Waals surface area contributed by atoms with E-state index in [4.69, 9.17) is 9.84 Å². The minimum absolute atomic E-state index is 0.189. The zero-order valence-electron chi connectivity index (χ0n) is 8.08. The van der Waals surface area contributed by atoms with Crippen molar-refractivity contribution in [1.29, 1.82) is 0 Å². The smallest absolute Gasteiger partial charge is 0.418 e. The van der Waals surface area contributed by atoms with Gasteiger partial charge in [0.15, 0.2) is 6.10 Å².